The molecular weight excluding hydrogens is 254 g/mol. The van der Waals surface area contributed by atoms with Crippen molar-refractivity contribution < 1.29 is 9.59 Å². The highest BCUT2D eigenvalue weighted by Gasteiger charge is 2.32. The molecule has 0 aromatic heterocycles. The predicted octanol–water partition coefficient (Wildman–Crippen LogP) is 0.845. The Kier molecular flexibility index (Phi) is 5.40. The minimum Gasteiger partial charge on any atom is -0.335 e. The van der Waals surface area contributed by atoms with Crippen LogP contribution in [0.3, 0.4) is 0 Å². The molecule has 2 aliphatic rings. The summed E-state index contributed by atoms with van der Waals surface area (Å²) in [6.45, 7) is 4.29. The zero-order valence-corrected chi connectivity index (χ0v) is 12.7. The Bertz CT molecular complexity index is 353. The lowest BCUT2D eigenvalue weighted by molar-refractivity contribution is -0.149. The minimum absolute atomic E-state index is 0.0465. The maximum Gasteiger partial charge on any atom is 0.242 e. The van der Waals surface area contributed by atoms with E-state index >= 15 is 0 Å². The summed E-state index contributed by atoms with van der Waals surface area (Å²) in [5, 5.41) is 3.59. The van der Waals surface area contributed by atoms with Crippen LogP contribution in [-0.2, 0) is 9.59 Å². The lowest BCUT2D eigenvalue weighted by Gasteiger charge is -2.36. The normalized spacial score (nSPS) is 22.7. The van der Waals surface area contributed by atoms with E-state index in [1.54, 1.807) is 11.9 Å². The molecule has 2 fully saturated rings. The number of likely N-dealkylation sites (N-methyl/N-ethyl adjacent to an activating group) is 1. The summed E-state index contributed by atoms with van der Waals surface area (Å²) in [4.78, 5) is 27.1. The molecule has 114 valence electrons. The standard InChI is InChI=1S/C15H27N3O2/c1-3-8-16-13(12-6-4-5-7-12)9-18-11-14(19)17(2)10-15(18)20/h12-13,16H,3-11H2,1-2H3. The largest absolute Gasteiger partial charge is 0.335 e. The van der Waals surface area contributed by atoms with Crippen molar-refractivity contribution >= 4 is 11.8 Å². The molecule has 5 heteroatoms. The van der Waals surface area contributed by atoms with Crippen LogP contribution in [-0.4, -0.2) is 60.9 Å². The quantitative estimate of drug-likeness (QED) is 0.785. The van der Waals surface area contributed by atoms with Gasteiger partial charge in [-0.3, -0.25) is 9.59 Å². The molecule has 1 aliphatic carbocycles. The number of amides is 2. The van der Waals surface area contributed by atoms with Crippen LogP contribution in [0.15, 0.2) is 0 Å². The Morgan fingerprint density at radius 2 is 1.90 bits per heavy atom. The van der Waals surface area contributed by atoms with E-state index in [-0.39, 0.29) is 24.9 Å². The van der Waals surface area contributed by atoms with Crippen molar-refractivity contribution in [2.75, 3.05) is 33.2 Å². The fourth-order valence-electron chi connectivity index (χ4n) is 3.24. The first-order chi connectivity index (χ1) is 9.61. The molecule has 1 N–H and O–H groups in total. The van der Waals surface area contributed by atoms with Gasteiger partial charge in [0.25, 0.3) is 0 Å². The van der Waals surface area contributed by atoms with E-state index < -0.39 is 0 Å². The molecule has 2 amide bonds. The third-order valence-electron chi connectivity index (χ3n) is 4.52. The Balaban J connectivity index is 1.95. The average molecular weight is 281 g/mol. The molecule has 0 spiro atoms. The fraction of sp³-hybridized carbons (Fsp3) is 0.867. The van der Waals surface area contributed by atoms with Crippen molar-refractivity contribution in [2.24, 2.45) is 5.92 Å². The summed E-state index contributed by atoms with van der Waals surface area (Å²) in [6, 6.07) is 0.345. The van der Waals surface area contributed by atoms with Crippen LogP contribution in [0.5, 0.6) is 0 Å². The summed E-state index contributed by atoms with van der Waals surface area (Å²) in [5.41, 5.74) is 0. The molecule has 1 aliphatic heterocycles. The molecule has 5 nitrogen and oxygen atoms in total. The van der Waals surface area contributed by atoms with E-state index in [2.05, 4.69) is 12.2 Å². The number of hydrogen-bond acceptors (Lipinski definition) is 3. The van der Waals surface area contributed by atoms with E-state index in [9.17, 15) is 9.59 Å². The van der Waals surface area contributed by atoms with Crippen molar-refractivity contribution in [3.63, 3.8) is 0 Å². The molecule has 1 atom stereocenters. The highest BCUT2D eigenvalue weighted by molar-refractivity contribution is 5.92. The monoisotopic (exact) mass is 281 g/mol. The fourth-order valence-corrected chi connectivity index (χ4v) is 3.24. The van der Waals surface area contributed by atoms with Crippen LogP contribution >= 0.6 is 0 Å². The Labute approximate surface area is 121 Å². The topological polar surface area (TPSA) is 52.7 Å². The molecule has 1 saturated heterocycles. The Morgan fingerprint density at radius 1 is 1.20 bits per heavy atom. The van der Waals surface area contributed by atoms with Gasteiger partial charge in [-0.05, 0) is 31.7 Å². The lowest BCUT2D eigenvalue weighted by atomic mass is 9.97. The number of rotatable bonds is 6. The highest BCUT2D eigenvalue weighted by atomic mass is 16.2. The first-order valence-corrected chi connectivity index (χ1v) is 7.87. The van der Waals surface area contributed by atoms with Crippen molar-refractivity contribution in [1.29, 1.82) is 0 Å². The number of piperazine rings is 1. The molecule has 0 bridgehead atoms. The zero-order valence-electron chi connectivity index (χ0n) is 12.7. The SMILES string of the molecule is CCCNC(CN1CC(=O)N(C)CC1=O)C1CCCC1. The molecule has 0 aromatic carbocycles. The van der Waals surface area contributed by atoms with Crippen LogP contribution in [0.1, 0.15) is 39.0 Å². The summed E-state index contributed by atoms with van der Waals surface area (Å²) < 4.78 is 0. The number of carbonyl (C=O) groups excluding carboxylic acids is 2. The van der Waals surface area contributed by atoms with Crippen LogP contribution in [0.4, 0.5) is 0 Å². The molecule has 0 aromatic rings. The molecule has 1 saturated carbocycles. The molecule has 0 radical (unpaired) electrons. The molecular formula is C15H27N3O2. The van der Waals surface area contributed by atoms with Gasteiger partial charge in [-0.2, -0.15) is 0 Å². The first kappa shape index (κ1) is 15.3. The van der Waals surface area contributed by atoms with E-state index in [0.29, 0.717) is 18.5 Å². The van der Waals surface area contributed by atoms with E-state index in [1.165, 1.54) is 30.6 Å². The average Bonchev–Trinajstić information content (AvgIpc) is 2.94. The van der Waals surface area contributed by atoms with Gasteiger partial charge in [-0.1, -0.05) is 19.8 Å². The van der Waals surface area contributed by atoms with Gasteiger partial charge in [0.1, 0.15) is 0 Å². The van der Waals surface area contributed by atoms with Crippen LogP contribution in [0.25, 0.3) is 0 Å². The van der Waals surface area contributed by atoms with Gasteiger partial charge >= 0.3 is 0 Å². The number of carbonyl (C=O) groups is 2. The van der Waals surface area contributed by atoms with Crippen molar-refractivity contribution in [3.05, 3.63) is 0 Å². The van der Waals surface area contributed by atoms with Crippen molar-refractivity contribution in [1.82, 2.24) is 15.1 Å². The van der Waals surface area contributed by atoms with Crippen molar-refractivity contribution in [2.45, 2.75) is 45.1 Å². The number of nitrogens with one attached hydrogen (secondary N) is 1. The second-order valence-electron chi connectivity index (χ2n) is 6.13. The van der Waals surface area contributed by atoms with Crippen LogP contribution in [0.2, 0.25) is 0 Å². The molecule has 2 rings (SSSR count). The third-order valence-corrected chi connectivity index (χ3v) is 4.52. The van der Waals surface area contributed by atoms with Gasteiger partial charge in [0, 0.05) is 19.6 Å². The van der Waals surface area contributed by atoms with Crippen LogP contribution in [0, 0.1) is 5.92 Å². The maximum atomic E-state index is 12.1. The summed E-state index contributed by atoms with van der Waals surface area (Å²) in [5.74, 6) is 0.780. The smallest absolute Gasteiger partial charge is 0.242 e. The third kappa shape index (κ3) is 3.72. The van der Waals surface area contributed by atoms with Gasteiger partial charge in [-0.15, -0.1) is 0 Å². The number of hydrogen-bond donors (Lipinski definition) is 1. The lowest BCUT2D eigenvalue weighted by Crippen LogP contribution is -2.56. The molecule has 1 unspecified atom stereocenters. The van der Waals surface area contributed by atoms with E-state index in [0.717, 1.165) is 13.0 Å². The Morgan fingerprint density at radius 3 is 2.55 bits per heavy atom. The summed E-state index contributed by atoms with van der Waals surface area (Å²) in [6.07, 6.45) is 6.18. The minimum atomic E-state index is 0.0465. The summed E-state index contributed by atoms with van der Waals surface area (Å²) >= 11 is 0. The number of nitrogens with zero attached hydrogens (tertiary/aromatic N) is 2. The van der Waals surface area contributed by atoms with E-state index in [4.69, 9.17) is 0 Å². The Hall–Kier alpha value is -1.10. The molecule has 20 heavy (non-hydrogen) atoms. The second-order valence-corrected chi connectivity index (χ2v) is 6.13. The van der Waals surface area contributed by atoms with Gasteiger partial charge < -0.3 is 15.1 Å². The molecule has 1 heterocycles. The predicted molar refractivity (Wildman–Crippen MR) is 78.3 cm³/mol. The van der Waals surface area contributed by atoms with Crippen LogP contribution < -0.4 is 5.32 Å². The van der Waals surface area contributed by atoms with Gasteiger partial charge in [0.2, 0.25) is 11.8 Å². The summed E-state index contributed by atoms with van der Waals surface area (Å²) in [7, 11) is 1.70. The van der Waals surface area contributed by atoms with Crippen molar-refractivity contribution in [3.8, 4) is 0 Å². The van der Waals surface area contributed by atoms with Gasteiger partial charge in [-0.25, -0.2) is 0 Å². The van der Waals surface area contributed by atoms with Gasteiger partial charge in [0.15, 0.2) is 0 Å². The highest BCUT2D eigenvalue weighted by Crippen LogP contribution is 2.28. The second kappa shape index (κ2) is 7.07. The zero-order chi connectivity index (χ0) is 14.5. The maximum absolute atomic E-state index is 12.1. The van der Waals surface area contributed by atoms with E-state index in [1.807, 2.05) is 0 Å². The first-order valence-electron chi connectivity index (χ1n) is 7.87. The van der Waals surface area contributed by atoms with Gasteiger partial charge in [0.05, 0.1) is 13.1 Å².